The van der Waals surface area contributed by atoms with Gasteiger partial charge in [-0.3, -0.25) is 14.0 Å². The quantitative estimate of drug-likeness (QED) is 0.173. The van der Waals surface area contributed by atoms with E-state index in [2.05, 4.69) is 4.99 Å². The SMILES string of the molecule is CCOCCCn1c(=NC(=O)c2ccc(OC)c(OC)c2)c(C(=O)OCC)cc2c(=O)n3ccccc3nc21. The van der Waals surface area contributed by atoms with Crippen molar-refractivity contribution < 1.29 is 28.5 Å². The van der Waals surface area contributed by atoms with Crippen molar-refractivity contribution in [2.45, 2.75) is 26.8 Å². The molecular formula is C28H30N4O7. The highest BCUT2D eigenvalue weighted by atomic mass is 16.5. The number of fused-ring (bicyclic) bond motifs is 2. The first-order valence-corrected chi connectivity index (χ1v) is 12.5. The monoisotopic (exact) mass is 534 g/mol. The number of carbonyl (C=O) groups excluding carboxylic acids is 2. The van der Waals surface area contributed by atoms with Crippen LogP contribution in [0.4, 0.5) is 0 Å². The first-order chi connectivity index (χ1) is 18.9. The molecule has 0 saturated carbocycles. The summed E-state index contributed by atoms with van der Waals surface area (Å²) in [5.74, 6) is -0.533. The van der Waals surface area contributed by atoms with Crippen LogP contribution in [0.5, 0.6) is 11.5 Å². The summed E-state index contributed by atoms with van der Waals surface area (Å²) >= 11 is 0. The molecule has 11 nitrogen and oxygen atoms in total. The number of hydrogen-bond acceptors (Lipinski definition) is 8. The minimum Gasteiger partial charge on any atom is -0.493 e. The lowest BCUT2D eigenvalue weighted by Crippen LogP contribution is -2.33. The van der Waals surface area contributed by atoms with Gasteiger partial charge in [0.2, 0.25) is 0 Å². The number of aryl methyl sites for hydroxylation is 1. The van der Waals surface area contributed by atoms with Crippen molar-refractivity contribution in [2.75, 3.05) is 34.0 Å². The number of benzene rings is 1. The third kappa shape index (κ3) is 5.68. The molecule has 0 radical (unpaired) electrons. The van der Waals surface area contributed by atoms with Crippen molar-refractivity contribution in [3.63, 3.8) is 0 Å². The molecule has 204 valence electrons. The van der Waals surface area contributed by atoms with Gasteiger partial charge in [0.05, 0.1) is 26.2 Å². The molecule has 1 amide bonds. The van der Waals surface area contributed by atoms with Gasteiger partial charge in [-0.15, -0.1) is 0 Å². The first-order valence-electron chi connectivity index (χ1n) is 12.5. The average molecular weight is 535 g/mol. The minimum absolute atomic E-state index is 0.0237. The second-order valence-electron chi connectivity index (χ2n) is 8.37. The van der Waals surface area contributed by atoms with E-state index >= 15 is 0 Å². The number of esters is 1. The number of carbonyl (C=O) groups is 2. The Morgan fingerprint density at radius 3 is 2.51 bits per heavy atom. The maximum Gasteiger partial charge on any atom is 0.341 e. The molecule has 3 heterocycles. The number of pyridine rings is 2. The summed E-state index contributed by atoms with van der Waals surface area (Å²) in [5.41, 5.74) is 0.561. The minimum atomic E-state index is -0.714. The molecule has 1 aromatic carbocycles. The summed E-state index contributed by atoms with van der Waals surface area (Å²) in [6, 6.07) is 11.2. The summed E-state index contributed by atoms with van der Waals surface area (Å²) in [4.78, 5) is 49.0. The lowest BCUT2D eigenvalue weighted by Gasteiger charge is -2.15. The van der Waals surface area contributed by atoms with E-state index in [1.165, 1.54) is 30.8 Å². The lowest BCUT2D eigenvalue weighted by molar-refractivity contribution is 0.0523. The van der Waals surface area contributed by atoms with Gasteiger partial charge in [-0.25, -0.2) is 9.78 Å². The van der Waals surface area contributed by atoms with Crippen molar-refractivity contribution in [2.24, 2.45) is 4.99 Å². The highest BCUT2D eigenvalue weighted by molar-refractivity contribution is 5.97. The van der Waals surface area contributed by atoms with Gasteiger partial charge in [0, 0.05) is 31.5 Å². The van der Waals surface area contributed by atoms with Crippen molar-refractivity contribution in [1.29, 1.82) is 0 Å². The molecule has 0 aliphatic carbocycles. The van der Waals surface area contributed by atoms with Crippen molar-refractivity contribution in [3.8, 4) is 11.5 Å². The summed E-state index contributed by atoms with van der Waals surface area (Å²) in [6.07, 6.45) is 2.12. The molecule has 3 aromatic heterocycles. The Labute approximate surface area is 224 Å². The van der Waals surface area contributed by atoms with Gasteiger partial charge in [-0.2, -0.15) is 4.99 Å². The van der Waals surface area contributed by atoms with Crippen LogP contribution < -0.4 is 20.5 Å². The van der Waals surface area contributed by atoms with Crippen LogP contribution >= 0.6 is 0 Å². The maximum absolute atomic E-state index is 13.4. The van der Waals surface area contributed by atoms with Gasteiger partial charge in [-0.05, 0) is 56.7 Å². The van der Waals surface area contributed by atoms with Crippen molar-refractivity contribution >= 4 is 28.6 Å². The molecule has 0 aliphatic heterocycles. The van der Waals surface area contributed by atoms with Crippen LogP contribution in [0.3, 0.4) is 0 Å². The Balaban J connectivity index is 2.03. The predicted octanol–water partition coefficient (Wildman–Crippen LogP) is 3.01. The van der Waals surface area contributed by atoms with E-state index in [1.807, 2.05) is 6.92 Å². The Morgan fingerprint density at radius 1 is 1.00 bits per heavy atom. The molecule has 0 bridgehead atoms. The number of ether oxygens (including phenoxy) is 4. The largest absolute Gasteiger partial charge is 0.493 e. The molecule has 11 heteroatoms. The third-order valence-electron chi connectivity index (χ3n) is 6.00. The predicted molar refractivity (Wildman–Crippen MR) is 143 cm³/mol. The highest BCUT2D eigenvalue weighted by Crippen LogP contribution is 2.27. The molecule has 39 heavy (non-hydrogen) atoms. The first kappa shape index (κ1) is 27.5. The Kier molecular flexibility index (Phi) is 8.72. The van der Waals surface area contributed by atoms with Gasteiger partial charge in [0.15, 0.2) is 17.0 Å². The normalized spacial score (nSPS) is 11.6. The molecule has 0 unspecified atom stereocenters. The molecule has 0 aliphatic rings. The Bertz CT molecular complexity index is 1660. The van der Waals surface area contributed by atoms with Crippen LogP contribution in [0.2, 0.25) is 0 Å². The number of amides is 1. The Morgan fingerprint density at radius 2 is 1.79 bits per heavy atom. The molecule has 4 aromatic rings. The van der Waals surface area contributed by atoms with Crippen molar-refractivity contribution in [1.82, 2.24) is 14.0 Å². The maximum atomic E-state index is 13.4. The fraction of sp³-hybridized carbons (Fsp3) is 0.321. The van der Waals surface area contributed by atoms with E-state index < -0.39 is 11.9 Å². The van der Waals surface area contributed by atoms with E-state index in [0.717, 1.165) is 0 Å². The zero-order valence-electron chi connectivity index (χ0n) is 22.3. The number of rotatable bonds is 10. The van der Waals surface area contributed by atoms with Crippen LogP contribution in [0.1, 0.15) is 41.0 Å². The van der Waals surface area contributed by atoms with E-state index in [1.54, 1.807) is 48.0 Å². The summed E-state index contributed by atoms with van der Waals surface area (Å²) in [6.45, 7) is 4.89. The molecule has 4 rings (SSSR count). The Hall–Kier alpha value is -4.51. The number of aromatic nitrogens is 3. The molecule has 0 saturated heterocycles. The molecule has 0 N–H and O–H groups in total. The van der Waals surface area contributed by atoms with E-state index in [0.29, 0.717) is 36.8 Å². The zero-order chi connectivity index (χ0) is 27.9. The van der Waals surface area contributed by atoms with Crippen LogP contribution in [0.25, 0.3) is 16.7 Å². The molecule has 0 spiro atoms. The van der Waals surface area contributed by atoms with E-state index in [-0.39, 0.29) is 46.4 Å². The van der Waals surface area contributed by atoms with E-state index in [4.69, 9.17) is 23.9 Å². The second-order valence-corrected chi connectivity index (χ2v) is 8.37. The van der Waals surface area contributed by atoms with Crippen LogP contribution in [-0.4, -0.2) is 59.9 Å². The van der Waals surface area contributed by atoms with Gasteiger partial charge in [0.25, 0.3) is 11.5 Å². The summed E-state index contributed by atoms with van der Waals surface area (Å²) in [5, 5.41) is 0.190. The summed E-state index contributed by atoms with van der Waals surface area (Å²) in [7, 11) is 2.96. The fourth-order valence-corrected chi connectivity index (χ4v) is 4.17. The fourth-order valence-electron chi connectivity index (χ4n) is 4.17. The van der Waals surface area contributed by atoms with Gasteiger partial charge < -0.3 is 23.5 Å². The summed E-state index contributed by atoms with van der Waals surface area (Å²) < 4.78 is 24.4. The van der Waals surface area contributed by atoms with Crippen LogP contribution in [0, 0.1) is 0 Å². The lowest BCUT2D eigenvalue weighted by atomic mass is 10.1. The van der Waals surface area contributed by atoms with E-state index in [9.17, 15) is 14.4 Å². The number of hydrogen-bond donors (Lipinski definition) is 0. The van der Waals surface area contributed by atoms with Crippen LogP contribution in [-0.2, 0) is 16.0 Å². The molecular weight excluding hydrogens is 504 g/mol. The number of methoxy groups -OCH3 is 2. The number of nitrogens with zero attached hydrogens (tertiary/aromatic N) is 4. The molecule has 0 atom stereocenters. The van der Waals surface area contributed by atoms with Crippen molar-refractivity contribution in [3.05, 3.63) is 75.6 Å². The standard InChI is InChI=1S/C28H30N4O7/c1-5-38-15-9-14-32-24-19(27(34)31-13-8-7-10-23(31)29-24)17-20(28(35)39-6-2)25(32)30-26(33)18-11-12-21(36-3)22(16-18)37-4/h7-8,10-13,16-17H,5-6,9,14-15H2,1-4H3. The van der Waals surface area contributed by atoms with Crippen LogP contribution in [0.15, 0.2) is 58.4 Å². The third-order valence-corrected chi connectivity index (χ3v) is 6.00. The highest BCUT2D eigenvalue weighted by Gasteiger charge is 2.20. The smallest absolute Gasteiger partial charge is 0.341 e. The van der Waals surface area contributed by atoms with Gasteiger partial charge >= 0.3 is 5.97 Å². The van der Waals surface area contributed by atoms with Gasteiger partial charge in [-0.1, -0.05) is 6.07 Å². The average Bonchev–Trinajstić information content (AvgIpc) is 2.95. The topological polar surface area (TPSA) is 123 Å². The zero-order valence-corrected chi connectivity index (χ0v) is 22.3. The van der Waals surface area contributed by atoms with Gasteiger partial charge in [0.1, 0.15) is 16.9 Å². The molecule has 0 fully saturated rings. The second kappa shape index (κ2) is 12.4.